The summed E-state index contributed by atoms with van der Waals surface area (Å²) in [5, 5.41) is 0. The average molecular weight is 179 g/mol. The van der Waals surface area contributed by atoms with E-state index >= 15 is 0 Å². The second kappa shape index (κ2) is 4.03. The molecule has 0 aliphatic heterocycles. The van der Waals surface area contributed by atoms with Crippen LogP contribution in [-0.4, -0.2) is 17.6 Å². The van der Waals surface area contributed by atoms with Crippen LogP contribution in [0.5, 0.6) is 0 Å². The molecule has 0 amide bonds. The third-order valence-electron chi connectivity index (χ3n) is 1.70. The Morgan fingerprint density at radius 1 is 1.46 bits per heavy atom. The molecule has 1 aromatic rings. The quantitative estimate of drug-likeness (QED) is 0.650. The molecule has 3 heteroatoms. The molecule has 0 radical (unpaired) electrons. The van der Waals surface area contributed by atoms with E-state index in [0.717, 1.165) is 11.3 Å². The summed E-state index contributed by atoms with van der Waals surface area (Å²) in [4.78, 5) is 15.4. The topological polar surface area (TPSA) is 39.2 Å². The van der Waals surface area contributed by atoms with Gasteiger partial charge >= 0.3 is 5.97 Å². The highest BCUT2D eigenvalue weighted by Crippen LogP contribution is 2.07. The first-order valence-electron chi connectivity index (χ1n) is 4.26. The molecule has 1 heterocycles. The van der Waals surface area contributed by atoms with Gasteiger partial charge in [0.05, 0.1) is 6.61 Å². The van der Waals surface area contributed by atoms with E-state index < -0.39 is 0 Å². The van der Waals surface area contributed by atoms with Gasteiger partial charge in [0.25, 0.3) is 0 Å². The van der Waals surface area contributed by atoms with Crippen LogP contribution in [0.2, 0.25) is 0 Å². The zero-order valence-corrected chi connectivity index (χ0v) is 8.13. The summed E-state index contributed by atoms with van der Waals surface area (Å²) in [7, 11) is 0. The Hall–Kier alpha value is -1.38. The monoisotopic (exact) mass is 179 g/mol. The van der Waals surface area contributed by atoms with Crippen molar-refractivity contribution in [2.75, 3.05) is 6.61 Å². The van der Waals surface area contributed by atoms with Crippen LogP contribution in [0.3, 0.4) is 0 Å². The normalized spacial score (nSPS) is 9.77. The first kappa shape index (κ1) is 9.71. The smallest absolute Gasteiger partial charge is 0.357 e. The molecule has 0 aliphatic carbocycles. The van der Waals surface area contributed by atoms with Crippen molar-refractivity contribution in [3.8, 4) is 0 Å². The van der Waals surface area contributed by atoms with Crippen molar-refractivity contribution in [1.82, 2.24) is 4.98 Å². The van der Waals surface area contributed by atoms with E-state index in [9.17, 15) is 4.79 Å². The van der Waals surface area contributed by atoms with Gasteiger partial charge in [0, 0.05) is 5.69 Å². The molecule has 0 unspecified atom stereocenters. The highest BCUT2D eigenvalue weighted by molar-refractivity contribution is 5.88. The number of aromatic nitrogens is 1. The fourth-order valence-corrected chi connectivity index (χ4v) is 1.03. The zero-order chi connectivity index (χ0) is 9.84. The average Bonchev–Trinajstić information content (AvgIpc) is 2.09. The van der Waals surface area contributed by atoms with Crippen molar-refractivity contribution < 1.29 is 9.53 Å². The highest BCUT2D eigenvalue weighted by atomic mass is 16.5. The number of pyridine rings is 1. The van der Waals surface area contributed by atoms with Crippen molar-refractivity contribution in [3.05, 3.63) is 29.1 Å². The van der Waals surface area contributed by atoms with E-state index in [-0.39, 0.29) is 5.97 Å². The second-order valence-electron chi connectivity index (χ2n) is 2.84. The SMILES string of the molecule is CCOC(=O)c1nc(C)ccc1C. The van der Waals surface area contributed by atoms with Gasteiger partial charge in [-0.25, -0.2) is 9.78 Å². The van der Waals surface area contributed by atoms with E-state index in [1.165, 1.54) is 0 Å². The van der Waals surface area contributed by atoms with E-state index in [2.05, 4.69) is 4.98 Å². The van der Waals surface area contributed by atoms with Crippen LogP contribution >= 0.6 is 0 Å². The van der Waals surface area contributed by atoms with Gasteiger partial charge in [0.2, 0.25) is 0 Å². The van der Waals surface area contributed by atoms with Crippen molar-refractivity contribution in [3.63, 3.8) is 0 Å². The molecule has 1 rings (SSSR count). The molecule has 0 saturated carbocycles. The van der Waals surface area contributed by atoms with E-state index in [4.69, 9.17) is 4.74 Å². The molecule has 3 nitrogen and oxygen atoms in total. The second-order valence-corrected chi connectivity index (χ2v) is 2.84. The van der Waals surface area contributed by atoms with Crippen LogP contribution in [0.25, 0.3) is 0 Å². The van der Waals surface area contributed by atoms with Crippen molar-refractivity contribution in [2.45, 2.75) is 20.8 Å². The predicted molar refractivity (Wildman–Crippen MR) is 49.7 cm³/mol. The van der Waals surface area contributed by atoms with Crippen LogP contribution in [0.1, 0.15) is 28.7 Å². The molecule has 0 aromatic carbocycles. The maximum absolute atomic E-state index is 11.3. The van der Waals surface area contributed by atoms with Gasteiger partial charge < -0.3 is 4.74 Å². The van der Waals surface area contributed by atoms with Gasteiger partial charge in [-0.15, -0.1) is 0 Å². The van der Waals surface area contributed by atoms with Crippen LogP contribution in [-0.2, 0) is 4.74 Å². The molecule has 0 spiro atoms. The van der Waals surface area contributed by atoms with Crippen molar-refractivity contribution in [1.29, 1.82) is 0 Å². The summed E-state index contributed by atoms with van der Waals surface area (Å²) in [6.07, 6.45) is 0. The van der Waals surface area contributed by atoms with Gasteiger partial charge in [0.15, 0.2) is 5.69 Å². The van der Waals surface area contributed by atoms with Gasteiger partial charge in [-0.2, -0.15) is 0 Å². The molecule has 13 heavy (non-hydrogen) atoms. The van der Waals surface area contributed by atoms with E-state index in [1.54, 1.807) is 6.92 Å². The molecule has 0 N–H and O–H groups in total. The summed E-state index contributed by atoms with van der Waals surface area (Å²) in [5.41, 5.74) is 2.10. The predicted octanol–water partition coefficient (Wildman–Crippen LogP) is 1.88. The number of rotatable bonds is 2. The maximum atomic E-state index is 11.3. The number of ether oxygens (including phenoxy) is 1. The number of carbonyl (C=O) groups is 1. The molecule has 70 valence electrons. The van der Waals surface area contributed by atoms with Gasteiger partial charge in [-0.3, -0.25) is 0 Å². The number of aryl methyl sites for hydroxylation is 2. The number of esters is 1. The Kier molecular flexibility index (Phi) is 3.01. The maximum Gasteiger partial charge on any atom is 0.357 e. The Morgan fingerprint density at radius 2 is 2.15 bits per heavy atom. The summed E-state index contributed by atoms with van der Waals surface area (Å²) in [6.45, 7) is 5.86. The van der Waals surface area contributed by atoms with Crippen LogP contribution in [0.15, 0.2) is 12.1 Å². The van der Waals surface area contributed by atoms with E-state index in [1.807, 2.05) is 26.0 Å². The van der Waals surface area contributed by atoms with Crippen LogP contribution in [0, 0.1) is 13.8 Å². The number of nitrogens with zero attached hydrogens (tertiary/aromatic N) is 1. The molecular weight excluding hydrogens is 166 g/mol. The number of hydrogen-bond acceptors (Lipinski definition) is 3. The van der Waals surface area contributed by atoms with Crippen molar-refractivity contribution in [2.24, 2.45) is 0 Å². The number of hydrogen-bond donors (Lipinski definition) is 0. The minimum Gasteiger partial charge on any atom is -0.461 e. The summed E-state index contributed by atoms with van der Waals surface area (Å²) in [6, 6.07) is 3.74. The highest BCUT2D eigenvalue weighted by Gasteiger charge is 2.11. The Morgan fingerprint density at radius 3 is 2.77 bits per heavy atom. The third-order valence-corrected chi connectivity index (χ3v) is 1.70. The molecule has 0 aliphatic rings. The minimum absolute atomic E-state index is 0.344. The Bertz CT molecular complexity index is 321. The minimum atomic E-state index is -0.344. The fourth-order valence-electron chi connectivity index (χ4n) is 1.03. The number of carbonyl (C=O) groups excluding carboxylic acids is 1. The Labute approximate surface area is 77.8 Å². The molecular formula is C10H13NO2. The largest absolute Gasteiger partial charge is 0.461 e. The lowest BCUT2D eigenvalue weighted by Crippen LogP contribution is -2.09. The van der Waals surface area contributed by atoms with Crippen LogP contribution in [0.4, 0.5) is 0 Å². The van der Waals surface area contributed by atoms with Gasteiger partial charge in [-0.05, 0) is 32.4 Å². The van der Waals surface area contributed by atoms with E-state index in [0.29, 0.717) is 12.3 Å². The standard InChI is InChI=1S/C10H13NO2/c1-4-13-10(12)9-7(2)5-6-8(3)11-9/h5-6H,4H2,1-3H3. The first-order valence-corrected chi connectivity index (χ1v) is 4.26. The molecule has 0 bridgehead atoms. The zero-order valence-electron chi connectivity index (χ0n) is 8.13. The Balaban J connectivity index is 2.99. The third kappa shape index (κ3) is 2.28. The lowest BCUT2D eigenvalue weighted by molar-refractivity contribution is 0.0518. The van der Waals surface area contributed by atoms with Gasteiger partial charge in [-0.1, -0.05) is 6.07 Å². The van der Waals surface area contributed by atoms with Gasteiger partial charge in [0.1, 0.15) is 0 Å². The molecule has 0 saturated heterocycles. The lowest BCUT2D eigenvalue weighted by Gasteiger charge is -2.04. The van der Waals surface area contributed by atoms with Crippen LogP contribution < -0.4 is 0 Å². The molecule has 0 atom stereocenters. The van der Waals surface area contributed by atoms with Crippen molar-refractivity contribution >= 4 is 5.97 Å². The lowest BCUT2D eigenvalue weighted by atomic mass is 10.2. The molecule has 1 aromatic heterocycles. The summed E-state index contributed by atoms with van der Waals surface area (Å²) < 4.78 is 4.86. The summed E-state index contributed by atoms with van der Waals surface area (Å²) >= 11 is 0. The molecule has 0 fully saturated rings. The first-order chi connectivity index (χ1) is 6.15. The summed E-state index contributed by atoms with van der Waals surface area (Å²) in [5.74, 6) is -0.344. The fraction of sp³-hybridized carbons (Fsp3) is 0.400.